The van der Waals surface area contributed by atoms with Gasteiger partial charge in [-0.25, -0.2) is 4.68 Å². The number of nitrogens with zero attached hydrogens (tertiary/aromatic N) is 4. The lowest BCUT2D eigenvalue weighted by atomic mass is 10.1. The van der Waals surface area contributed by atoms with Crippen LogP contribution in [0.5, 0.6) is 0 Å². The van der Waals surface area contributed by atoms with E-state index in [1.807, 2.05) is 52.0 Å². The molecule has 4 rings (SSSR count). The van der Waals surface area contributed by atoms with Gasteiger partial charge in [-0.2, -0.15) is 5.10 Å². The molecule has 6 heteroatoms. The summed E-state index contributed by atoms with van der Waals surface area (Å²) in [5.74, 6) is 0.0838. The number of carbonyl (C=O) groups is 1. The van der Waals surface area contributed by atoms with E-state index in [0.717, 1.165) is 40.2 Å². The Hall–Kier alpha value is -2.60. The van der Waals surface area contributed by atoms with Crippen LogP contribution in [0.2, 0.25) is 0 Å². The van der Waals surface area contributed by atoms with Gasteiger partial charge in [-0.3, -0.25) is 4.79 Å². The Labute approximate surface area is 173 Å². The summed E-state index contributed by atoms with van der Waals surface area (Å²) in [4.78, 5) is 17.1. The molecule has 1 aliphatic rings. The Bertz CT molecular complexity index is 991. The van der Waals surface area contributed by atoms with Gasteiger partial charge in [0.15, 0.2) is 0 Å². The van der Waals surface area contributed by atoms with E-state index < -0.39 is 0 Å². The van der Waals surface area contributed by atoms with Crippen LogP contribution in [0.4, 0.5) is 5.69 Å². The molecule has 5 nitrogen and oxygen atoms in total. The van der Waals surface area contributed by atoms with Gasteiger partial charge in [-0.15, -0.1) is 0 Å². The summed E-state index contributed by atoms with van der Waals surface area (Å²) in [6.07, 6.45) is 0. The summed E-state index contributed by atoms with van der Waals surface area (Å²) in [5, 5.41) is 4.76. The molecule has 144 valence electrons. The first-order chi connectivity index (χ1) is 13.6. The average Bonchev–Trinajstić information content (AvgIpc) is 3.03. The van der Waals surface area contributed by atoms with Gasteiger partial charge in [0.2, 0.25) is 0 Å². The van der Waals surface area contributed by atoms with Gasteiger partial charge in [0.1, 0.15) is 0 Å². The number of piperazine rings is 1. The molecule has 1 saturated heterocycles. The second kappa shape index (κ2) is 7.80. The molecular weight excluding hydrogens is 416 g/mol. The summed E-state index contributed by atoms with van der Waals surface area (Å²) in [7, 11) is 0. The summed E-state index contributed by atoms with van der Waals surface area (Å²) < 4.78 is 2.85. The van der Waals surface area contributed by atoms with Crippen LogP contribution in [0.3, 0.4) is 0 Å². The third-order valence-electron chi connectivity index (χ3n) is 5.24. The van der Waals surface area contributed by atoms with E-state index in [1.165, 1.54) is 5.69 Å². The third-order valence-corrected chi connectivity index (χ3v) is 5.93. The standard InChI is InChI=1S/C22H23BrN4O/c1-16-21(17(2)27(24-16)18-8-4-3-5-9-18)25-12-14-26(15-13-25)22(28)19-10-6-7-11-20(19)23/h3-11H,12-15H2,1-2H3. The molecule has 0 N–H and O–H groups in total. The zero-order valence-electron chi connectivity index (χ0n) is 16.1. The fraction of sp³-hybridized carbons (Fsp3) is 0.273. The maximum Gasteiger partial charge on any atom is 0.255 e. The number of rotatable bonds is 3. The van der Waals surface area contributed by atoms with Gasteiger partial charge < -0.3 is 9.80 Å². The van der Waals surface area contributed by atoms with Crippen molar-refractivity contribution in [3.05, 3.63) is 76.0 Å². The number of para-hydroxylation sites is 1. The van der Waals surface area contributed by atoms with Crippen molar-refractivity contribution in [2.45, 2.75) is 13.8 Å². The Kier molecular flexibility index (Phi) is 5.22. The number of anilines is 1. The van der Waals surface area contributed by atoms with Crippen LogP contribution >= 0.6 is 15.9 Å². The second-order valence-electron chi connectivity index (χ2n) is 7.03. The Morgan fingerprint density at radius 3 is 2.25 bits per heavy atom. The SMILES string of the molecule is Cc1nn(-c2ccccc2)c(C)c1N1CCN(C(=O)c2ccccc2Br)CC1. The van der Waals surface area contributed by atoms with E-state index >= 15 is 0 Å². The van der Waals surface area contributed by atoms with Crippen molar-refractivity contribution in [1.82, 2.24) is 14.7 Å². The van der Waals surface area contributed by atoms with Crippen LogP contribution in [0.15, 0.2) is 59.1 Å². The van der Waals surface area contributed by atoms with E-state index in [2.05, 4.69) is 46.8 Å². The highest BCUT2D eigenvalue weighted by Gasteiger charge is 2.26. The summed E-state index contributed by atoms with van der Waals surface area (Å²) >= 11 is 3.49. The fourth-order valence-corrected chi connectivity index (χ4v) is 4.31. The molecular formula is C22H23BrN4O. The molecule has 0 radical (unpaired) electrons. The monoisotopic (exact) mass is 438 g/mol. The Morgan fingerprint density at radius 1 is 0.929 bits per heavy atom. The van der Waals surface area contributed by atoms with Crippen LogP contribution in [0, 0.1) is 13.8 Å². The maximum atomic E-state index is 12.8. The van der Waals surface area contributed by atoms with Crippen LogP contribution in [0.1, 0.15) is 21.7 Å². The molecule has 0 aliphatic carbocycles. The molecule has 28 heavy (non-hydrogen) atoms. The predicted octanol–water partition coefficient (Wildman–Crippen LogP) is 4.21. The molecule has 1 aliphatic heterocycles. The van der Waals surface area contributed by atoms with Crippen molar-refractivity contribution >= 4 is 27.5 Å². The van der Waals surface area contributed by atoms with Gasteiger partial charge in [-0.05, 0) is 54.0 Å². The van der Waals surface area contributed by atoms with E-state index in [4.69, 9.17) is 5.10 Å². The van der Waals surface area contributed by atoms with Gasteiger partial charge in [0, 0.05) is 30.7 Å². The quantitative estimate of drug-likeness (QED) is 0.614. The lowest BCUT2D eigenvalue weighted by Crippen LogP contribution is -2.49. The predicted molar refractivity (Wildman–Crippen MR) is 115 cm³/mol. The topological polar surface area (TPSA) is 41.4 Å². The van der Waals surface area contributed by atoms with Crippen molar-refractivity contribution in [3.8, 4) is 5.69 Å². The summed E-state index contributed by atoms with van der Waals surface area (Å²) in [5.41, 5.74) is 5.12. The average molecular weight is 439 g/mol. The molecule has 2 heterocycles. The van der Waals surface area contributed by atoms with Crippen molar-refractivity contribution in [2.75, 3.05) is 31.1 Å². The smallest absolute Gasteiger partial charge is 0.255 e. The number of halogens is 1. The number of aryl methyl sites for hydroxylation is 1. The molecule has 1 aromatic heterocycles. The first-order valence-electron chi connectivity index (χ1n) is 9.46. The maximum absolute atomic E-state index is 12.8. The number of benzene rings is 2. The van der Waals surface area contributed by atoms with E-state index in [9.17, 15) is 4.79 Å². The number of aromatic nitrogens is 2. The normalized spacial score (nSPS) is 14.4. The van der Waals surface area contributed by atoms with Crippen LogP contribution in [-0.2, 0) is 0 Å². The number of carbonyl (C=O) groups excluding carboxylic acids is 1. The van der Waals surface area contributed by atoms with Gasteiger partial charge in [0.05, 0.1) is 28.3 Å². The van der Waals surface area contributed by atoms with E-state index in [0.29, 0.717) is 13.1 Å². The molecule has 2 aromatic carbocycles. The minimum absolute atomic E-state index is 0.0838. The summed E-state index contributed by atoms with van der Waals surface area (Å²) in [6, 6.07) is 17.8. The molecule has 0 bridgehead atoms. The largest absolute Gasteiger partial charge is 0.365 e. The minimum Gasteiger partial charge on any atom is -0.365 e. The third kappa shape index (κ3) is 3.44. The van der Waals surface area contributed by atoms with Crippen LogP contribution in [-0.4, -0.2) is 46.8 Å². The number of hydrogen-bond acceptors (Lipinski definition) is 3. The number of hydrogen-bond donors (Lipinski definition) is 0. The van der Waals surface area contributed by atoms with E-state index in [1.54, 1.807) is 0 Å². The fourth-order valence-electron chi connectivity index (χ4n) is 3.85. The first kappa shape index (κ1) is 18.7. The van der Waals surface area contributed by atoms with Gasteiger partial charge in [-0.1, -0.05) is 30.3 Å². The van der Waals surface area contributed by atoms with Crippen molar-refractivity contribution in [2.24, 2.45) is 0 Å². The Balaban J connectivity index is 1.51. The Morgan fingerprint density at radius 2 is 1.57 bits per heavy atom. The molecule has 1 amide bonds. The minimum atomic E-state index is 0.0838. The lowest BCUT2D eigenvalue weighted by molar-refractivity contribution is 0.0746. The zero-order valence-corrected chi connectivity index (χ0v) is 17.7. The van der Waals surface area contributed by atoms with Crippen LogP contribution in [0.25, 0.3) is 5.69 Å². The molecule has 1 fully saturated rings. The highest BCUT2D eigenvalue weighted by Crippen LogP contribution is 2.28. The highest BCUT2D eigenvalue weighted by atomic mass is 79.9. The lowest BCUT2D eigenvalue weighted by Gasteiger charge is -2.36. The molecule has 0 unspecified atom stereocenters. The highest BCUT2D eigenvalue weighted by molar-refractivity contribution is 9.10. The first-order valence-corrected chi connectivity index (χ1v) is 10.3. The molecule has 3 aromatic rings. The zero-order chi connectivity index (χ0) is 19.7. The number of amides is 1. The van der Waals surface area contributed by atoms with E-state index in [-0.39, 0.29) is 5.91 Å². The van der Waals surface area contributed by atoms with Crippen LogP contribution < -0.4 is 4.90 Å². The molecule has 0 atom stereocenters. The van der Waals surface area contributed by atoms with Crippen molar-refractivity contribution in [3.63, 3.8) is 0 Å². The molecule has 0 spiro atoms. The van der Waals surface area contributed by atoms with Gasteiger partial charge in [0.25, 0.3) is 5.91 Å². The second-order valence-corrected chi connectivity index (χ2v) is 7.88. The van der Waals surface area contributed by atoms with Crippen molar-refractivity contribution < 1.29 is 4.79 Å². The molecule has 0 saturated carbocycles. The van der Waals surface area contributed by atoms with Gasteiger partial charge >= 0.3 is 0 Å². The van der Waals surface area contributed by atoms with Crippen molar-refractivity contribution in [1.29, 1.82) is 0 Å². The summed E-state index contributed by atoms with van der Waals surface area (Å²) in [6.45, 7) is 7.18.